The fourth-order valence-electron chi connectivity index (χ4n) is 1.58. The number of hydrogen-bond donors (Lipinski definition) is 2. The van der Waals surface area contributed by atoms with Gasteiger partial charge in [-0.15, -0.1) is 0 Å². The lowest BCUT2D eigenvalue weighted by Crippen LogP contribution is -2.29. The maximum absolute atomic E-state index is 11.8. The Balaban J connectivity index is 2.03. The average Bonchev–Trinajstić information content (AvgIpc) is 3.05. The van der Waals surface area contributed by atoms with Crippen molar-refractivity contribution in [1.82, 2.24) is 5.32 Å². The zero-order chi connectivity index (χ0) is 12.5. The smallest absolute Gasteiger partial charge is 0.335 e. The predicted octanol–water partition coefficient (Wildman–Crippen LogP) is 1.91. The third kappa shape index (κ3) is 2.84. The van der Waals surface area contributed by atoms with E-state index in [1.165, 1.54) is 12.1 Å². The summed E-state index contributed by atoms with van der Waals surface area (Å²) in [7, 11) is 0. The molecule has 1 saturated carbocycles. The van der Waals surface area contributed by atoms with E-state index >= 15 is 0 Å². The van der Waals surface area contributed by atoms with Crippen molar-refractivity contribution in [2.24, 2.45) is 5.41 Å². The summed E-state index contributed by atoms with van der Waals surface area (Å²) in [5.41, 5.74) is 0.782. The minimum Gasteiger partial charge on any atom is -0.478 e. The number of amides is 1. The van der Waals surface area contributed by atoms with Crippen LogP contribution in [-0.4, -0.2) is 23.5 Å². The van der Waals surface area contributed by atoms with Gasteiger partial charge in [-0.3, -0.25) is 4.79 Å². The molecule has 17 heavy (non-hydrogen) atoms. The van der Waals surface area contributed by atoms with Crippen molar-refractivity contribution in [2.75, 3.05) is 6.54 Å². The highest BCUT2D eigenvalue weighted by Crippen LogP contribution is 2.44. The molecule has 1 aliphatic rings. The molecule has 1 amide bonds. The van der Waals surface area contributed by atoms with Crippen molar-refractivity contribution >= 4 is 11.9 Å². The number of hydrogen-bond acceptors (Lipinski definition) is 2. The summed E-state index contributed by atoms with van der Waals surface area (Å²) in [5.74, 6) is -1.23. The molecule has 0 bridgehead atoms. The van der Waals surface area contributed by atoms with Gasteiger partial charge in [0.15, 0.2) is 0 Å². The SMILES string of the molecule is CC1(CNC(=O)c2cccc(C(=O)O)c2)CC1. The Labute approximate surface area is 99.6 Å². The third-order valence-corrected chi connectivity index (χ3v) is 3.15. The Bertz CT molecular complexity index is 463. The summed E-state index contributed by atoms with van der Waals surface area (Å²) in [5, 5.41) is 11.7. The molecular formula is C13H15NO3. The van der Waals surface area contributed by atoms with Crippen molar-refractivity contribution in [3.63, 3.8) is 0 Å². The molecule has 0 aromatic heterocycles. The number of benzene rings is 1. The van der Waals surface area contributed by atoms with E-state index in [0.717, 1.165) is 12.8 Å². The van der Waals surface area contributed by atoms with Gasteiger partial charge in [0.05, 0.1) is 5.56 Å². The minimum atomic E-state index is -1.02. The van der Waals surface area contributed by atoms with Gasteiger partial charge in [0, 0.05) is 12.1 Å². The molecule has 1 aromatic rings. The Kier molecular flexibility index (Phi) is 2.88. The minimum absolute atomic E-state index is 0.135. The van der Waals surface area contributed by atoms with E-state index in [-0.39, 0.29) is 16.9 Å². The lowest BCUT2D eigenvalue weighted by Gasteiger charge is -2.10. The lowest BCUT2D eigenvalue weighted by molar-refractivity contribution is 0.0697. The van der Waals surface area contributed by atoms with Crippen molar-refractivity contribution < 1.29 is 14.7 Å². The number of aromatic carboxylic acids is 1. The van der Waals surface area contributed by atoms with Crippen LogP contribution in [0.25, 0.3) is 0 Å². The van der Waals surface area contributed by atoms with Crippen LogP contribution in [0.4, 0.5) is 0 Å². The third-order valence-electron chi connectivity index (χ3n) is 3.15. The van der Waals surface area contributed by atoms with E-state index in [2.05, 4.69) is 12.2 Å². The highest BCUT2D eigenvalue weighted by Gasteiger charge is 2.37. The Hall–Kier alpha value is -1.84. The highest BCUT2D eigenvalue weighted by atomic mass is 16.4. The fraction of sp³-hybridized carbons (Fsp3) is 0.385. The van der Waals surface area contributed by atoms with E-state index < -0.39 is 5.97 Å². The van der Waals surface area contributed by atoms with Crippen LogP contribution in [-0.2, 0) is 0 Å². The van der Waals surface area contributed by atoms with Gasteiger partial charge in [0.25, 0.3) is 5.91 Å². The normalized spacial score (nSPS) is 16.3. The van der Waals surface area contributed by atoms with Crippen molar-refractivity contribution in [3.05, 3.63) is 35.4 Å². The van der Waals surface area contributed by atoms with Gasteiger partial charge in [-0.1, -0.05) is 13.0 Å². The molecule has 0 unspecified atom stereocenters. The first kappa shape index (κ1) is 11.6. The molecule has 90 valence electrons. The number of carboxylic acid groups (broad SMARTS) is 1. The first-order valence-electron chi connectivity index (χ1n) is 5.62. The number of carboxylic acids is 1. The van der Waals surface area contributed by atoms with E-state index in [1.54, 1.807) is 12.1 Å². The van der Waals surface area contributed by atoms with Crippen molar-refractivity contribution in [1.29, 1.82) is 0 Å². The summed E-state index contributed by atoms with van der Waals surface area (Å²) in [6.07, 6.45) is 2.28. The summed E-state index contributed by atoms with van der Waals surface area (Å²) >= 11 is 0. The molecule has 1 fully saturated rings. The predicted molar refractivity (Wildman–Crippen MR) is 63.1 cm³/mol. The lowest BCUT2D eigenvalue weighted by atomic mass is 10.1. The second-order valence-corrected chi connectivity index (χ2v) is 4.88. The van der Waals surface area contributed by atoms with Crippen molar-refractivity contribution in [3.8, 4) is 0 Å². The molecule has 0 saturated heterocycles. The Morgan fingerprint density at radius 3 is 2.59 bits per heavy atom. The molecule has 4 nitrogen and oxygen atoms in total. The number of carbonyl (C=O) groups excluding carboxylic acids is 1. The van der Waals surface area contributed by atoms with Crippen LogP contribution >= 0.6 is 0 Å². The summed E-state index contributed by atoms with van der Waals surface area (Å²) in [6, 6.07) is 6.07. The molecule has 1 aromatic carbocycles. The summed E-state index contributed by atoms with van der Waals surface area (Å²) < 4.78 is 0. The van der Waals surface area contributed by atoms with Gasteiger partial charge in [-0.2, -0.15) is 0 Å². The maximum Gasteiger partial charge on any atom is 0.335 e. The second kappa shape index (κ2) is 4.20. The Morgan fingerprint density at radius 1 is 1.35 bits per heavy atom. The number of carbonyl (C=O) groups is 2. The molecular weight excluding hydrogens is 218 g/mol. The van der Waals surface area contributed by atoms with Crippen LogP contribution in [0, 0.1) is 5.41 Å². The van der Waals surface area contributed by atoms with Gasteiger partial charge in [0.1, 0.15) is 0 Å². The number of rotatable bonds is 4. The molecule has 1 aliphatic carbocycles. The standard InChI is InChI=1S/C13H15NO3/c1-13(5-6-13)8-14-11(15)9-3-2-4-10(7-9)12(16)17/h2-4,7H,5-6,8H2,1H3,(H,14,15)(H,16,17). The first-order valence-corrected chi connectivity index (χ1v) is 5.62. The quantitative estimate of drug-likeness (QED) is 0.834. The molecule has 0 spiro atoms. The first-order chi connectivity index (χ1) is 8.00. The van der Waals surface area contributed by atoms with E-state index in [4.69, 9.17) is 5.11 Å². The maximum atomic E-state index is 11.8. The van der Waals surface area contributed by atoms with Crippen LogP contribution in [0.2, 0.25) is 0 Å². The van der Waals surface area contributed by atoms with Gasteiger partial charge < -0.3 is 10.4 Å². The molecule has 2 N–H and O–H groups in total. The average molecular weight is 233 g/mol. The highest BCUT2D eigenvalue weighted by molar-refractivity contribution is 5.97. The van der Waals surface area contributed by atoms with Crippen LogP contribution < -0.4 is 5.32 Å². The zero-order valence-corrected chi connectivity index (χ0v) is 9.69. The second-order valence-electron chi connectivity index (χ2n) is 4.88. The number of nitrogens with one attached hydrogen (secondary N) is 1. The fourth-order valence-corrected chi connectivity index (χ4v) is 1.58. The van der Waals surface area contributed by atoms with Gasteiger partial charge in [0.2, 0.25) is 0 Å². The van der Waals surface area contributed by atoms with Crippen LogP contribution in [0.3, 0.4) is 0 Å². The summed E-state index contributed by atoms with van der Waals surface area (Å²) in [6.45, 7) is 2.78. The summed E-state index contributed by atoms with van der Waals surface area (Å²) in [4.78, 5) is 22.6. The van der Waals surface area contributed by atoms with Gasteiger partial charge >= 0.3 is 5.97 Å². The largest absolute Gasteiger partial charge is 0.478 e. The molecule has 4 heteroatoms. The topological polar surface area (TPSA) is 66.4 Å². The van der Waals surface area contributed by atoms with E-state index in [1.807, 2.05) is 0 Å². The molecule has 0 heterocycles. The zero-order valence-electron chi connectivity index (χ0n) is 9.69. The van der Waals surface area contributed by atoms with Crippen LogP contribution in [0.5, 0.6) is 0 Å². The van der Waals surface area contributed by atoms with Crippen molar-refractivity contribution in [2.45, 2.75) is 19.8 Å². The van der Waals surface area contributed by atoms with Gasteiger partial charge in [-0.25, -0.2) is 4.79 Å². The van der Waals surface area contributed by atoms with E-state index in [9.17, 15) is 9.59 Å². The molecule has 0 atom stereocenters. The molecule has 2 rings (SSSR count). The Morgan fingerprint density at radius 2 is 2.00 bits per heavy atom. The monoisotopic (exact) mass is 233 g/mol. The van der Waals surface area contributed by atoms with Crippen LogP contribution in [0.15, 0.2) is 24.3 Å². The van der Waals surface area contributed by atoms with E-state index in [0.29, 0.717) is 12.1 Å². The molecule has 0 aliphatic heterocycles. The van der Waals surface area contributed by atoms with Crippen LogP contribution in [0.1, 0.15) is 40.5 Å². The van der Waals surface area contributed by atoms with Gasteiger partial charge in [-0.05, 0) is 36.5 Å². The molecule has 0 radical (unpaired) electrons.